The lowest BCUT2D eigenvalue weighted by Crippen LogP contribution is -2.58. The van der Waals surface area contributed by atoms with Gasteiger partial charge in [-0.15, -0.1) is 0 Å². The normalized spacial score (nSPS) is 25.8. The standard InChI is InChI=1S/C9H16N2O2/c1-4-6(2)11-5-8(12)10-7(3)9(11)13/h6-7H,4-5H2,1-3H3,(H,10,12). The van der Waals surface area contributed by atoms with Crippen LogP contribution in [-0.2, 0) is 9.59 Å². The van der Waals surface area contributed by atoms with E-state index in [1.807, 2.05) is 13.8 Å². The van der Waals surface area contributed by atoms with Crippen molar-refractivity contribution in [3.8, 4) is 0 Å². The van der Waals surface area contributed by atoms with Gasteiger partial charge in [-0.1, -0.05) is 6.92 Å². The molecule has 74 valence electrons. The first-order valence-corrected chi connectivity index (χ1v) is 4.66. The van der Waals surface area contributed by atoms with Crippen LogP contribution in [0.1, 0.15) is 27.2 Å². The molecule has 4 heteroatoms. The number of rotatable bonds is 2. The Kier molecular flexibility index (Phi) is 2.90. The molecule has 0 aromatic heterocycles. The molecule has 1 N–H and O–H groups in total. The summed E-state index contributed by atoms with van der Waals surface area (Å²) in [6.07, 6.45) is 0.881. The zero-order valence-electron chi connectivity index (χ0n) is 8.33. The Morgan fingerprint density at radius 3 is 2.77 bits per heavy atom. The van der Waals surface area contributed by atoms with Gasteiger partial charge in [0, 0.05) is 6.04 Å². The average molecular weight is 184 g/mol. The zero-order valence-corrected chi connectivity index (χ0v) is 8.33. The largest absolute Gasteiger partial charge is 0.343 e. The van der Waals surface area contributed by atoms with Gasteiger partial charge in [0.1, 0.15) is 6.04 Å². The van der Waals surface area contributed by atoms with Crippen molar-refractivity contribution in [1.29, 1.82) is 0 Å². The lowest BCUT2D eigenvalue weighted by Gasteiger charge is -2.34. The number of amides is 2. The summed E-state index contributed by atoms with van der Waals surface area (Å²) in [6, 6.07) is -0.212. The number of nitrogens with one attached hydrogen (secondary N) is 1. The van der Waals surface area contributed by atoms with Crippen LogP contribution in [0.5, 0.6) is 0 Å². The van der Waals surface area contributed by atoms with Crippen LogP contribution in [0.15, 0.2) is 0 Å². The van der Waals surface area contributed by atoms with Crippen molar-refractivity contribution in [3.63, 3.8) is 0 Å². The monoisotopic (exact) mass is 184 g/mol. The van der Waals surface area contributed by atoms with Crippen molar-refractivity contribution in [2.45, 2.75) is 39.3 Å². The summed E-state index contributed by atoms with van der Waals surface area (Å²) in [4.78, 5) is 24.4. The molecule has 2 atom stereocenters. The first kappa shape index (κ1) is 10.0. The molecule has 2 amide bonds. The number of hydrogen-bond acceptors (Lipinski definition) is 2. The zero-order chi connectivity index (χ0) is 10.0. The summed E-state index contributed by atoms with van der Waals surface area (Å²) in [6.45, 7) is 5.89. The van der Waals surface area contributed by atoms with Crippen molar-refractivity contribution in [2.75, 3.05) is 6.54 Å². The van der Waals surface area contributed by atoms with E-state index in [2.05, 4.69) is 5.32 Å². The van der Waals surface area contributed by atoms with E-state index in [9.17, 15) is 9.59 Å². The highest BCUT2D eigenvalue weighted by Crippen LogP contribution is 2.09. The minimum absolute atomic E-state index is 0.0222. The van der Waals surface area contributed by atoms with Crippen molar-refractivity contribution in [3.05, 3.63) is 0 Å². The van der Waals surface area contributed by atoms with E-state index in [-0.39, 0.29) is 30.4 Å². The molecule has 0 aromatic carbocycles. The number of hydrogen-bond donors (Lipinski definition) is 1. The summed E-state index contributed by atoms with van der Waals surface area (Å²) in [5.74, 6) is -0.0404. The van der Waals surface area contributed by atoms with E-state index in [0.717, 1.165) is 6.42 Å². The second kappa shape index (κ2) is 3.77. The van der Waals surface area contributed by atoms with E-state index in [1.54, 1.807) is 11.8 Å². The van der Waals surface area contributed by atoms with E-state index in [4.69, 9.17) is 0 Å². The maximum absolute atomic E-state index is 11.6. The molecule has 1 saturated heterocycles. The van der Waals surface area contributed by atoms with Crippen molar-refractivity contribution < 1.29 is 9.59 Å². The lowest BCUT2D eigenvalue weighted by atomic mass is 10.1. The fraction of sp³-hybridized carbons (Fsp3) is 0.778. The lowest BCUT2D eigenvalue weighted by molar-refractivity contribution is -0.145. The van der Waals surface area contributed by atoms with Gasteiger partial charge in [-0.05, 0) is 20.3 Å². The van der Waals surface area contributed by atoms with Crippen LogP contribution in [-0.4, -0.2) is 35.3 Å². The third kappa shape index (κ3) is 1.99. The predicted octanol–water partition coefficient (Wildman–Crippen LogP) is 0.132. The molecule has 0 bridgehead atoms. The van der Waals surface area contributed by atoms with Gasteiger partial charge >= 0.3 is 0 Å². The number of carbonyl (C=O) groups is 2. The summed E-state index contributed by atoms with van der Waals surface area (Å²) >= 11 is 0. The van der Waals surface area contributed by atoms with Gasteiger partial charge in [-0.3, -0.25) is 9.59 Å². The molecule has 0 spiro atoms. The molecular formula is C9H16N2O2. The van der Waals surface area contributed by atoms with Gasteiger partial charge in [0.05, 0.1) is 6.54 Å². The molecule has 2 unspecified atom stereocenters. The molecule has 0 aromatic rings. The van der Waals surface area contributed by atoms with Gasteiger partial charge in [0.25, 0.3) is 0 Å². The fourth-order valence-electron chi connectivity index (χ4n) is 1.42. The highest BCUT2D eigenvalue weighted by atomic mass is 16.2. The second-order valence-corrected chi connectivity index (χ2v) is 3.51. The first-order chi connectivity index (χ1) is 6.06. The molecular weight excluding hydrogens is 168 g/mol. The van der Waals surface area contributed by atoms with Crippen molar-refractivity contribution in [2.24, 2.45) is 0 Å². The highest BCUT2D eigenvalue weighted by molar-refractivity contribution is 5.94. The Morgan fingerprint density at radius 2 is 2.23 bits per heavy atom. The topological polar surface area (TPSA) is 49.4 Å². The number of nitrogens with zero attached hydrogens (tertiary/aromatic N) is 1. The SMILES string of the molecule is CCC(C)N1CC(=O)NC(C)C1=O. The van der Waals surface area contributed by atoms with Crippen LogP contribution in [0.2, 0.25) is 0 Å². The number of carbonyl (C=O) groups excluding carboxylic acids is 2. The van der Waals surface area contributed by atoms with Crippen LogP contribution in [0, 0.1) is 0 Å². The summed E-state index contributed by atoms with van der Waals surface area (Å²) in [5, 5.41) is 2.61. The minimum atomic E-state index is -0.366. The Bertz CT molecular complexity index is 228. The van der Waals surface area contributed by atoms with Crippen LogP contribution in [0.4, 0.5) is 0 Å². The molecule has 1 aliphatic rings. The Labute approximate surface area is 78.3 Å². The molecule has 1 heterocycles. The minimum Gasteiger partial charge on any atom is -0.343 e. The molecule has 1 aliphatic heterocycles. The van der Waals surface area contributed by atoms with E-state index in [0.29, 0.717) is 0 Å². The molecule has 1 rings (SSSR count). The maximum atomic E-state index is 11.6. The third-order valence-corrected chi connectivity index (χ3v) is 2.47. The van der Waals surface area contributed by atoms with Crippen LogP contribution in [0.25, 0.3) is 0 Å². The van der Waals surface area contributed by atoms with Crippen LogP contribution >= 0.6 is 0 Å². The average Bonchev–Trinajstić information content (AvgIpc) is 2.10. The van der Waals surface area contributed by atoms with Gasteiger partial charge < -0.3 is 10.2 Å². The highest BCUT2D eigenvalue weighted by Gasteiger charge is 2.31. The summed E-state index contributed by atoms with van der Waals surface area (Å²) in [5.41, 5.74) is 0. The van der Waals surface area contributed by atoms with Crippen LogP contribution < -0.4 is 5.32 Å². The van der Waals surface area contributed by atoms with Crippen LogP contribution in [0.3, 0.4) is 0 Å². The molecule has 1 fully saturated rings. The van der Waals surface area contributed by atoms with Crippen molar-refractivity contribution >= 4 is 11.8 Å². The quantitative estimate of drug-likeness (QED) is 0.663. The summed E-state index contributed by atoms with van der Waals surface area (Å²) < 4.78 is 0. The first-order valence-electron chi connectivity index (χ1n) is 4.66. The van der Waals surface area contributed by atoms with Gasteiger partial charge in [0.15, 0.2) is 0 Å². The fourth-order valence-corrected chi connectivity index (χ4v) is 1.42. The Hall–Kier alpha value is -1.06. The predicted molar refractivity (Wildman–Crippen MR) is 49.1 cm³/mol. The Balaban J connectivity index is 2.71. The van der Waals surface area contributed by atoms with Crippen molar-refractivity contribution in [1.82, 2.24) is 10.2 Å². The molecule has 0 aliphatic carbocycles. The van der Waals surface area contributed by atoms with Gasteiger partial charge in [0.2, 0.25) is 11.8 Å². The van der Waals surface area contributed by atoms with Gasteiger partial charge in [-0.25, -0.2) is 0 Å². The number of piperazine rings is 1. The van der Waals surface area contributed by atoms with Gasteiger partial charge in [-0.2, -0.15) is 0 Å². The Morgan fingerprint density at radius 1 is 1.62 bits per heavy atom. The smallest absolute Gasteiger partial charge is 0.245 e. The van der Waals surface area contributed by atoms with E-state index >= 15 is 0 Å². The summed E-state index contributed by atoms with van der Waals surface area (Å²) in [7, 11) is 0. The second-order valence-electron chi connectivity index (χ2n) is 3.51. The molecule has 0 radical (unpaired) electrons. The van der Waals surface area contributed by atoms with E-state index in [1.165, 1.54) is 0 Å². The van der Waals surface area contributed by atoms with E-state index < -0.39 is 0 Å². The molecule has 13 heavy (non-hydrogen) atoms. The third-order valence-electron chi connectivity index (χ3n) is 2.47. The maximum Gasteiger partial charge on any atom is 0.245 e. The molecule has 0 saturated carbocycles. The molecule has 4 nitrogen and oxygen atoms in total.